The van der Waals surface area contributed by atoms with E-state index in [1.807, 2.05) is 0 Å². The van der Waals surface area contributed by atoms with Gasteiger partial charge in [-0.2, -0.15) is 0 Å². The monoisotopic (exact) mass is 264 g/mol. The van der Waals surface area contributed by atoms with Crippen molar-refractivity contribution < 1.29 is 9.59 Å². The number of carbonyl (C=O) groups is 2. The van der Waals surface area contributed by atoms with Gasteiger partial charge in [-0.05, 0) is 43.9 Å². The highest BCUT2D eigenvalue weighted by Crippen LogP contribution is 2.53. The van der Waals surface area contributed by atoms with Gasteiger partial charge in [0.2, 0.25) is 0 Å². The van der Waals surface area contributed by atoms with Gasteiger partial charge in [0.15, 0.2) is 0 Å². The summed E-state index contributed by atoms with van der Waals surface area (Å²) in [5.74, 6) is 2.03. The highest BCUT2D eigenvalue weighted by molar-refractivity contribution is 5.91. The summed E-state index contributed by atoms with van der Waals surface area (Å²) in [4.78, 5) is 24.9. The van der Waals surface area contributed by atoms with E-state index in [1.165, 1.54) is 12.8 Å². The molecule has 4 atom stereocenters. The molecule has 2 bridgehead atoms. The standard InChI is InChI=1S/C17H28O2/c1-3-5-7-14(18)16-12-9-10-13(11-12)17(16)15(19)8-6-4-2/h12-13,16-17H,3-11H2,1-2H3/t12-,13+,16-,17+. The molecule has 0 aromatic rings. The molecule has 2 aliphatic rings. The molecule has 19 heavy (non-hydrogen) atoms. The van der Waals surface area contributed by atoms with Crippen LogP contribution < -0.4 is 0 Å². The molecule has 108 valence electrons. The third-order valence-electron chi connectivity index (χ3n) is 5.21. The summed E-state index contributed by atoms with van der Waals surface area (Å²) < 4.78 is 0. The highest BCUT2D eigenvalue weighted by Gasteiger charge is 2.52. The SMILES string of the molecule is CCCCC(=O)[C@@H]1[C@H]2CC[C@H](C2)[C@@H]1C(=O)CCCC. The maximum Gasteiger partial charge on any atom is 0.136 e. The minimum absolute atomic E-state index is 0.0923. The summed E-state index contributed by atoms with van der Waals surface area (Å²) in [5.41, 5.74) is 0. The van der Waals surface area contributed by atoms with Crippen LogP contribution >= 0.6 is 0 Å². The lowest BCUT2D eigenvalue weighted by Gasteiger charge is -2.29. The van der Waals surface area contributed by atoms with Crippen molar-refractivity contribution in [3.63, 3.8) is 0 Å². The fourth-order valence-corrected chi connectivity index (χ4v) is 4.25. The Morgan fingerprint density at radius 3 is 1.63 bits per heavy atom. The second-order valence-electron chi connectivity index (χ2n) is 6.52. The van der Waals surface area contributed by atoms with E-state index < -0.39 is 0 Å². The van der Waals surface area contributed by atoms with Gasteiger partial charge in [-0.25, -0.2) is 0 Å². The molecule has 2 fully saturated rings. The minimum atomic E-state index is 0.0923. The number of Topliss-reactive ketones (excluding diaryl/α,β-unsaturated/α-hetero) is 2. The first-order valence-electron chi connectivity index (χ1n) is 8.24. The first-order chi connectivity index (χ1) is 9.19. The van der Waals surface area contributed by atoms with Crippen LogP contribution in [0.1, 0.15) is 71.6 Å². The van der Waals surface area contributed by atoms with Gasteiger partial charge in [0.05, 0.1) is 0 Å². The first-order valence-corrected chi connectivity index (χ1v) is 8.24. The molecular formula is C17H28O2. The predicted molar refractivity (Wildman–Crippen MR) is 76.9 cm³/mol. The third kappa shape index (κ3) is 3.09. The zero-order valence-electron chi connectivity index (χ0n) is 12.5. The van der Waals surface area contributed by atoms with E-state index in [2.05, 4.69) is 13.8 Å². The Labute approximate surface area is 117 Å². The molecule has 0 aromatic carbocycles. The molecule has 0 amide bonds. The Bertz CT molecular complexity index is 302. The summed E-state index contributed by atoms with van der Waals surface area (Å²) in [6.07, 6.45) is 9.03. The number of rotatable bonds is 8. The average Bonchev–Trinajstić information content (AvgIpc) is 3.02. The van der Waals surface area contributed by atoms with E-state index in [0.717, 1.165) is 32.1 Å². The van der Waals surface area contributed by atoms with Gasteiger partial charge >= 0.3 is 0 Å². The quantitative estimate of drug-likeness (QED) is 0.659. The van der Waals surface area contributed by atoms with E-state index in [0.29, 0.717) is 36.2 Å². The van der Waals surface area contributed by atoms with E-state index in [-0.39, 0.29) is 11.8 Å². The first kappa shape index (κ1) is 14.7. The summed E-state index contributed by atoms with van der Waals surface area (Å²) >= 11 is 0. The second-order valence-corrected chi connectivity index (χ2v) is 6.52. The van der Waals surface area contributed by atoms with Crippen LogP contribution in [0.3, 0.4) is 0 Å². The van der Waals surface area contributed by atoms with Crippen LogP contribution in [-0.4, -0.2) is 11.6 Å². The molecule has 2 nitrogen and oxygen atoms in total. The topological polar surface area (TPSA) is 34.1 Å². The van der Waals surface area contributed by atoms with Gasteiger partial charge in [-0.1, -0.05) is 26.7 Å². The minimum Gasteiger partial charge on any atom is -0.299 e. The fraction of sp³-hybridized carbons (Fsp3) is 0.882. The lowest BCUT2D eigenvalue weighted by molar-refractivity contribution is -0.134. The lowest BCUT2D eigenvalue weighted by Crippen LogP contribution is -2.34. The summed E-state index contributed by atoms with van der Waals surface area (Å²) in [6, 6.07) is 0. The van der Waals surface area contributed by atoms with Crippen molar-refractivity contribution in [3.05, 3.63) is 0 Å². The van der Waals surface area contributed by atoms with Gasteiger partial charge in [0.25, 0.3) is 0 Å². The maximum absolute atomic E-state index is 12.4. The largest absolute Gasteiger partial charge is 0.299 e. The highest BCUT2D eigenvalue weighted by atomic mass is 16.1. The van der Waals surface area contributed by atoms with Gasteiger partial charge in [0.1, 0.15) is 11.6 Å². The fourth-order valence-electron chi connectivity index (χ4n) is 4.25. The van der Waals surface area contributed by atoms with Crippen LogP contribution in [0.4, 0.5) is 0 Å². The molecule has 0 spiro atoms. The number of hydrogen-bond acceptors (Lipinski definition) is 2. The molecule has 2 rings (SSSR count). The molecule has 0 radical (unpaired) electrons. The molecule has 0 saturated heterocycles. The molecule has 0 unspecified atom stereocenters. The Balaban J connectivity index is 2.02. The number of carbonyl (C=O) groups excluding carboxylic acids is 2. The second kappa shape index (κ2) is 6.67. The van der Waals surface area contributed by atoms with Crippen molar-refractivity contribution in [1.29, 1.82) is 0 Å². The molecule has 2 saturated carbocycles. The van der Waals surface area contributed by atoms with E-state index in [1.54, 1.807) is 0 Å². The molecular weight excluding hydrogens is 236 g/mol. The van der Waals surface area contributed by atoms with Crippen molar-refractivity contribution in [2.24, 2.45) is 23.7 Å². The Kier molecular flexibility index (Phi) is 5.18. The molecule has 0 aromatic heterocycles. The molecule has 2 aliphatic carbocycles. The summed E-state index contributed by atoms with van der Waals surface area (Å²) in [7, 11) is 0. The number of unbranched alkanes of at least 4 members (excludes halogenated alkanes) is 2. The number of ketones is 2. The predicted octanol–water partition coefficient (Wildman–Crippen LogP) is 4.17. The van der Waals surface area contributed by atoms with Crippen molar-refractivity contribution in [1.82, 2.24) is 0 Å². The van der Waals surface area contributed by atoms with Gasteiger partial charge in [-0.15, -0.1) is 0 Å². The molecule has 2 heteroatoms. The number of hydrogen-bond donors (Lipinski definition) is 0. The maximum atomic E-state index is 12.4. The van der Waals surface area contributed by atoms with Crippen molar-refractivity contribution in [2.75, 3.05) is 0 Å². The Morgan fingerprint density at radius 2 is 1.26 bits per heavy atom. The zero-order valence-corrected chi connectivity index (χ0v) is 12.5. The van der Waals surface area contributed by atoms with Crippen molar-refractivity contribution in [2.45, 2.75) is 71.6 Å². The molecule has 0 aliphatic heterocycles. The smallest absolute Gasteiger partial charge is 0.136 e. The van der Waals surface area contributed by atoms with E-state index >= 15 is 0 Å². The van der Waals surface area contributed by atoms with E-state index in [4.69, 9.17) is 0 Å². The van der Waals surface area contributed by atoms with Crippen LogP contribution in [0.25, 0.3) is 0 Å². The van der Waals surface area contributed by atoms with Crippen LogP contribution in [-0.2, 0) is 9.59 Å². The molecule has 0 N–H and O–H groups in total. The van der Waals surface area contributed by atoms with Crippen molar-refractivity contribution >= 4 is 11.6 Å². The zero-order chi connectivity index (χ0) is 13.8. The normalized spacial score (nSPS) is 32.7. The van der Waals surface area contributed by atoms with Gasteiger partial charge in [-0.3, -0.25) is 9.59 Å². The van der Waals surface area contributed by atoms with E-state index in [9.17, 15) is 9.59 Å². The average molecular weight is 264 g/mol. The van der Waals surface area contributed by atoms with Crippen molar-refractivity contribution in [3.8, 4) is 0 Å². The summed E-state index contributed by atoms with van der Waals surface area (Å²) in [5, 5.41) is 0. The van der Waals surface area contributed by atoms with Crippen LogP contribution in [0.2, 0.25) is 0 Å². The summed E-state index contributed by atoms with van der Waals surface area (Å²) in [6.45, 7) is 4.25. The third-order valence-corrected chi connectivity index (χ3v) is 5.21. The van der Waals surface area contributed by atoms with Gasteiger partial charge < -0.3 is 0 Å². The van der Waals surface area contributed by atoms with Crippen LogP contribution in [0.5, 0.6) is 0 Å². The molecule has 0 heterocycles. The van der Waals surface area contributed by atoms with Gasteiger partial charge in [0, 0.05) is 24.7 Å². The van der Waals surface area contributed by atoms with Crippen LogP contribution in [0, 0.1) is 23.7 Å². The van der Waals surface area contributed by atoms with Crippen LogP contribution in [0.15, 0.2) is 0 Å². The Morgan fingerprint density at radius 1 is 0.842 bits per heavy atom. The lowest BCUT2D eigenvalue weighted by atomic mass is 9.73. The number of fused-ring (bicyclic) bond motifs is 2. The Hall–Kier alpha value is -0.660.